The Kier molecular flexibility index (Phi) is 3.76. The number of aromatic nitrogens is 2. The van der Waals surface area contributed by atoms with Gasteiger partial charge in [0.05, 0.1) is 11.8 Å². The first kappa shape index (κ1) is 13.8. The summed E-state index contributed by atoms with van der Waals surface area (Å²) >= 11 is 0. The molecular weight excluding hydrogens is 262 g/mol. The van der Waals surface area contributed by atoms with Crippen molar-refractivity contribution in [2.24, 2.45) is 0 Å². The van der Waals surface area contributed by atoms with Crippen LogP contribution in [0.2, 0.25) is 0 Å². The second-order valence-corrected chi connectivity index (χ2v) is 7.10. The lowest BCUT2D eigenvalue weighted by molar-refractivity contribution is 0.109. The summed E-state index contributed by atoms with van der Waals surface area (Å²) in [6.07, 6.45) is 10.6. The van der Waals surface area contributed by atoms with Gasteiger partial charge in [-0.15, -0.1) is 0 Å². The van der Waals surface area contributed by atoms with Crippen LogP contribution in [-0.4, -0.2) is 27.3 Å². The molecule has 0 saturated heterocycles. The Balaban J connectivity index is 1.70. The fourth-order valence-corrected chi connectivity index (χ4v) is 4.55. The van der Waals surface area contributed by atoms with Crippen LogP contribution in [0.4, 0.5) is 0 Å². The molecule has 1 aromatic heterocycles. The molecule has 2 fully saturated rings. The van der Waals surface area contributed by atoms with Crippen molar-refractivity contribution in [1.29, 1.82) is 0 Å². The van der Waals surface area contributed by atoms with Gasteiger partial charge in [-0.05, 0) is 38.5 Å². The van der Waals surface area contributed by atoms with Crippen LogP contribution in [0.25, 0.3) is 0 Å². The quantitative estimate of drug-likeness (QED) is 0.880. The van der Waals surface area contributed by atoms with Crippen LogP contribution in [0.5, 0.6) is 0 Å². The summed E-state index contributed by atoms with van der Waals surface area (Å²) < 4.78 is 2.62. The largest absolute Gasteiger partial charge is 0.393 e. The van der Waals surface area contributed by atoms with Gasteiger partial charge in [-0.2, -0.15) is 0 Å². The zero-order chi connectivity index (χ0) is 14.2. The first-order chi connectivity index (χ1) is 10.3. The van der Waals surface area contributed by atoms with Gasteiger partial charge in [0.15, 0.2) is 0 Å². The highest BCUT2D eigenvalue weighted by Gasteiger charge is 2.31. The number of rotatable bonds is 2. The van der Waals surface area contributed by atoms with E-state index in [0.29, 0.717) is 12.0 Å². The number of nitrogens with one attached hydrogen (secondary N) is 1. The van der Waals surface area contributed by atoms with Crippen LogP contribution in [0.15, 0.2) is 0 Å². The summed E-state index contributed by atoms with van der Waals surface area (Å²) in [4.78, 5) is 5.06. The molecule has 0 unspecified atom stereocenters. The van der Waals surface area contributed by atoms with Gasteiger partial charge in [-0.25, -0.2) is 4.98 Å². The zero-order valence-corrected chi connectivity index (χ0v) is 12.9. The average molecular weight is 289 g/mol. The molecule has 0 bridgehead atoms. The van der Waals surface area contributed by atoms with Crippen molar-refractivity contribution < 1.29 is 5.11 Å². The van der Waals surface area contributed by atoms with Crippen LogP contribution >= 0.6 is 0 Å². The lowest BCUT2D eigenvalue weighted by Crippen LogP contribution is -2.28. The number of imidazole rings is 1. The van der Waals surface area contributed by atoms with Crippen molar-refractivity contribution in [3.05, 3.63) is 17.2 Å². The highest BCUT2D eigenvalue weighted by molar-refractivity contribution is 5.24. The highest BCUT2D eigenvalue weighted by Crippen LogP contribution is 2.39. The van der Waals surface area contributed by atoms with Crippen LogP contribution in [-0.2, 0) is 13.0 Å². The standard InChI is InChI=1S/C17H27N3O/c21-14-7-5-13(6-8-14)20-16-9-10-18-11-15(16)19-17(20)12-3-1-2-4-12/h12-14,18,21H,1-11H2. The molecule has 2 heterocycles. The lowest BCUT2D eigenvalue weighted by Gasteiger charge is -2.31. The SMILES string of the molecule is OC1CCC(n2c(C3CCCC3)nc3c2CCNC3)CC1. The minimum Gasteiger partial charge on any atom is -0.393 e. The molecule has 3 aliphatic rings. The topological polar surface area (TPSA) is 50.1 Å². The average Bonchev–Trinajstić information content (AvgIpc) is 3.15. The number of hydrogen-bond acceptors (Lipinski definition) is 3. The molecule has 2 N–H and O–H groups in total. The first-order valence-electron chi connectivity index (χ1n) is 8.81. The fraction of sp³-hybridized carbons (Fsp3) is 0.824. The summed E-state index contributed by atoms with van der Waals surface area (Å²) in [5, 5.41) is 13.3. The minimum absolute atomic E-state index is 0.0720. The van der Waals surface area contributed by atoms with E-state index in [1.54, 1.807) is 0 Å². The summed E-state index contributed by atoms with van der Waals surface area (Å²) in [5.41, 5.74) is 2.80. The molecule has 0 amide bonds. The van der Waals surface area contributed by atoms with E-state index in [1.165, 1.54) is 42.9 Å². The van der Waals surface area contributed by atoms with Gasteiger partial charge in [0, 0.05) is 37.2 Å². The van der Waals surface area contributed by atoms with Crippen molar-refractivity contribution in [2.75, 3.05) is 6.54 Å². The van der Waals surface area contributed by atoms with Gasteiger partial charge in [0.1, 0.15) is 5.82 Å². The van der Waals surface area contributed by atoms with E-state index >= 15 is 0 Å². The number of aliphatic hydroxyl groups excluding tert-OH is 1. The molecule has 0 radical (unpaired) electrons. The van der Waals surface area contributed by atoms with Crippen LogP contribution < -0.4 is 5.32 Å². The predicted molar refractivity (Wildman–Crippen MR) is 82.4 cm³/mol. The molecule has 2 aliphatic carbocycles. The predicted octanol–water partition coefficient (Wildman–Crippen LogP) is 2.66. The van der Waals surface area contributed by atoms with E-state index in [0.717, 1.165) is 45.2 Å². The smallest absolute Gasteiger partial charge is 0.112 e. The Hall–Kier alpha value is -0.870. The minimum atomic E-state index is -0.0720. The molecular formula is C17H27N3O. The molecule has 2 saturated carbocycles. The molecule has 1 aromatic rings. The summed E-state index contributed by atoms with van der Waals surface area (Å²) in [5.74, 6) is 2.06. The Morgan fingerprint density at radius 1 is 1.05 bits per heavy atom. The maximum absolute atomic E-state index is 9.81. The monoisotopic (exact) mass is 289 g/mol. The van der Waals surface area contributed by atoms with E-state index in [4.69, 9.17) is 4.98 Å². The Morgan fingerprint density at radius 2 is 1.81 bits per heavy atom. The molecule has 4 nitrogen and oxygen atoms in total. The molecule has 1 aliphatic heterocycles. The zero-order valence-electron chi connectivity index (χ0n) is 12.9. The van der Waals surface area contributed by atoms with Gasteiger partial charge in [-0.1, -0.05) is 12.8 Å². The maximum atomic E-state index is 9.81. The van der Waals surface area contributed by atoms with Crippen LogP contribution in [0, 0.1) is 0 Å². The number of fused-ring (bicyclic) bond motifs is 1. The van der Waals surface area contributed by atoms with Crippen molar-refractivity contribution >= 4 is 0 Å². The normalized spacial score (nSPS) is 30.5. The van der Waals surface area contributed by atoms with E-state index in [2.05, 4.69) is 9.88 Å². The maximum Gasteiger partial charge on any atom is 0.112 e. The third kappa shape index (κ3) is 2.53. The fourth-order valence-electron chi connectivity index (χ4n) is 4.55. The van der Waals surface area contributed by atoms with Crippen LogP contribution in [0.1, 0.15) is 80.5 Å². The first-order valence-corrected chi connectivity index (χ1v) is 8.81. The Labute approximate surface area is 127 Å². The summed E-state index contributed by atoms with van der Waals surface area (Å²) in [7, 11) is 0. The molecule has 4 heteroatoms. The Bertz CT molecular complexity index is 496. The Morgan fingerprint density at radius 3 is 2.57 bits per heavy atom. The highest BCUT2D eigenvalue weighted by atomic mass is 16.3. The van der Waals surface area contributed by atoms with Crippen molar-refractivity contribution in [3.63, 3.8) is 0 Å². The molecule has 4 rings (SSSR count). The second kappa shape index (κ2) is 5.73. The molecule has 0 spiro atoms. The number of nitrogens with zero attached hydrogens (tertiary/aromatic N) is 2. The number of aliphatic hydroxyl groups is 1. The van der Waals surface area contributed by atoms with E-state index in [-0.39, 0.29) is 6.10 Å². The van der Waals surface area contributed by atoms with Crippen molar-refractivity contribution in [1.82, 2.24) is 14.9 Å². The third-order valence-electron chi connectivity index (χ3n) is 5.70. The third-order valence-corrected chi connectivity index (χ3v) is 5.70. The molecule has 0 aromatic carbocycles. The lowest BCUT2D eigenvalue weighted by atomic mass is 9.92. The van der Waals surface area contributed by atoms with Crippen molar-refractivity contribution in [2.45, 2.75) is 82.4 Å². The van der Waals surface area contributed by atoms with Gasteiger partial charge in [-0.3, -0.25) is 0 Å². The van der Waals surface area contributed by atoms with Gasteiger partial charge in [0.2, 0.25) is 0 Å². The molecule has 0 atom stereocenters. The number of hydrogen-bond donors (Lipinski definition) is 2. The van der Waals surface area contributed by atoms with Gasteiger partial charge >= 0.3 is 0 Å². The van der Waals surface area contributed by atoms with Crippen molar-refractivity contribution in [3.8, 4) is 0 Å². The second-order valence-electron chi connectivity index (χ2n) is 7.10. The molecule has 21 heavy (non-hydrogen) atoms. The van der Waals surface area contributed by atoms with Crippen LogP contribution in [0.3, 0.4) is 0 Å². The van der Waals surface area contributed by atoms with Gasteiger partial charge in [0.25, 0.3) is 0 Å². The van der Waals surface area contributed by atoms with E-state index in [9.17, 15) is 5.11 Å². The molecule has 116 valence electrons. The van der Waals surface area contributed by atoms with Gasteiger partial charge < -0.3 is 15.0 Å². The summed E-state index contributed by atoms with van der Waals surface area (Å²) in [6, 6.07) is 0.582. The summed E-state index contributed by atoms with van der Waals surface area (Å²) in [6.45, 7) is 2.02. The van der Waals surface area contributed by atoms with E-state index < -0.39 is 0 Å². The van der Waals surface area contributed by atoms with E-state index in [1.807, 2.05) is 0 Å².